The minimum atomic E-state index is -1.00. The molecule has 0 spiro atoms. The second kappa shape index (κ2) is 6.47. The summed E-state index contributed by atoms with van der Waals surface area (Å²) in [6.07, 6.45) is 6.80. The molecule has 0 aliphatic heterocycles. The minimum Gasteiger partial charge on any atom is -0.478 e. The van der Waals surface area contributed by atoms with E-state index in [2.05, 4.69) is 5.92 Å². The quantitative estimate of drug-likeness (QED) is 0.496. The standard InChI is InChI=1S/C12H11ClO2S/c1-2-3-4-7-16-9-5-6-11(13)10(8-9)12(14)15/h1,5-6,8H,3-4,7H2,(H,14,15). The Morgan fingerprint density at radius 1 is 1.56 bits per heavy atom. The number of benzene rings is 1. The lowest BCUT2D eigenvalue weighted by Gasteiger charge is -2.03. The van der Waals surface area contributed by atoms with Gasteiger partial charge in [0, 0.05) is 11.3 Å². The molecule has 0 radical (unpaired) electrons. The van der Waals surface area contributed by atoms with Gasteiger partial charge in [0.1, 0.15) is 0 Å². The van der Waals surface area contributed by atoms with Crippen LogP contribution in [-0.4, -0.2) is 16.8 Å². The molecule has 0 saturated carbocycles. The molecular formula is C12H11ClO2S. The van der Waals surface area contributed by atoms with E-state index in [0.717, 1.165) is 23.5 Å². The van der Waals surface area contributed by atoms with Crippen molar-refractivity contribution in [1.29, 1.82) is 0 Å². The minimum absolute atomic E-state index is 0.142. The molecule has 16 heavy (non-hydrogen) atoms. The molecule has 84 valence electrons. The molecule has 0 aliphatic rings. The molecule has 1 rings (SSSR count). The van der Waals surface area contributed by atoms with Crippen molar-refractivity contribution in [2.24, 2.45) is 0 Å². The summed E-state index contributed by atoms with van der Waals surface area (Å²) in [5.74, 6) is 2.44. The number of hydrogen-bond donors (Lipinski definition) is 1. The Kier molecular flexibility index (Phi) is 5.24. The van der Waals surface area contributed by atoms with Crippen molar-refractivity contribution in [2.45, 2.75) is 17.7 Å². The van der Waals surface area contributed by atoms with Crippen LogP contribution >= 0.6 is 23.4 Å². The predicted molar refractivity (Wildman–Crippen MR) is 67.2 cm³/mol. The summed E-state index contributed by atoms with van der Waals surface area (Å²) in [4.78, 5) is 11.7. The smallest absolute Gasteiger partial charge is 0.337 e. The van der Waals surface area contributed by atoms with E-state index < -0.39 is 5.97 Å². The molecule has 0 fully saturated rings. The van der Waals surface area contributed by atoms with E-state index in [1.54, 1.807) is 23.9 Å². The molecule has 0 amide bonds. The first-order chi connectivity index (χ1) is 7.65. The van der Waals surface area contributed by atoms with E-state index in [9.17, 15) is 4.79 Å². The Morgan fingerprint density at radius 3 is 2.94 bits per heavy atom. The van der Waals surface area contributed by atoms with Gasteiger partial charge in [-0.2, -0.15) is 0 Å². The fraction of sp³-hybridized carbons (Fsp3) is 0.250. The van der Waals surface area contributed by atoms with Crippen LogP contribution in [0.1, 0.15) is 23.2 Å². The number of rotatable bonds is 5. The van der Waals surface area contributed by atoms with Crippen molar-refractivity contribution >= 4 is 29.3 Å². The van der Waals surface area contributed by atoms with Crippen molar-refractivity contribution in [3.8, 4) is 12.3 Å². The highest BCUT2D eigenvalue weighted by atomic mass is 35.5. The maximum atomic E-state index is 10.8. The summed E-state index contributed by atoms with van der Waals surface area (Å²) < 4.78 is 0. The molecule has 0 aliphatic carbocycles. The van der Waals surface area contributed by atoms with E-state index in [0.29, 0.717) is 0 Å². The third-order valence-corrected chi connectivity index (χ3v) is 3.31. The Morgan fingerprint density at radius 2 is 2.31 bits per heavy atom. The predicted octanol–water partition coefficient (Wildman–Crippen LogP) is 3.54. The summed E-state index contributed by atoms with van der Waals surface area (Å²) >= 11 is 7.34. The van der Waals surface area contributed by atoms with Crippen LogP contribution in [0, 0.1) is 12.3 Å². The number of halogens is 1. The number of carboxylic acid groups (broad SMARTS) is 1. The van der Waals surface area contributed by atoms with E-state index in [-0.39, 0.29) is 10.6 Å². The molecule has 4 heteroatoms. The third-order valence-electron chi connectivity index (χ3n) is 1.90. The maximum Gasteiger partial charge on any atom is 0.337 e. The second-order valence-corrected chi connectivity index (χ2v) is 4.68. The molecule has 0 unspecified atom stereocenters. The van der Waals surface area contributed by atoms with Gasteiger partial charge in [0.2, 0.25) is 0 Å². The van der Waals surface area contributed by atoms with Crippen molar-refractivity contribution in [3.05, 3.63) is 28.8 Å². The van der Waals surface area contributed by atoms with Crippen molar-refractivity contribution in [1.82, 2.24) is 0 Å². The molecule has 1 aromatic rings. The molecule has 0 atom stereocenters. The van der Waals surface area contributed by atoms with Crippen molar-refractivity contribution < 1.29 is 9.90 Å². The highest BCUT2D eigenvalue weighted by Crippen LogP contribution is 2.25. The van der Waals surface area contributed by atoms with Crippen LogP contribution in [0.25, 0.3) is 0 Å². The van der Waals surface area contributed by atoms with Gasteiger partial charge in [-0.3, -0.25) is 0 Å². The number of terminal acetylenes is 1. The lowest BCUT2D eigenvalue weighted by Crippen LogP contribution is -1.97. The number of thioether (sulfide) groups is 1. The number of carboxylic acids is 1. The zero-order valence-corrected chi connectivity index (χ0v) is 10.1. The van der Waals surface area contributed by atoms with Crippen LogP contribution in [0.15, 0.2) is 23.1 Å². The fourth-order valence-corrected chi connectivity index (χ4v) is 2.21. The topological polar surface area (TPSA) is 37.3 Å². The van der Waals surface area contributed by atoms with Crippen molar-refractivity contribution in [2.75, 3.05) is 5.75 Å². The number of aromatic carboxylic acids is 1. The van der Waals surface area contributed by atoms with Crippen LogP contribution in [-0.2, 0) is 0 Å². The SMILES string of the molecule is C#CCCCSc1ccc(Cl)c(C(=O)O)c1. The highest BCUT2D eigenvalue weighted by Gasteiger charge is 2.09. The van der Waals surface area contributed by atoms with Gasteiger partial charge in [-0.05, 0) is 30.4 Å². The normalized spacial score (nSPS) is 9.75. The van der Waals surface area contributed by atoms with Gasteiger partial charge >= 0.3 is 5.97 Å². The summed E-state index contributed by atoms with van der Waals surface area (Å²) in [6, 6.07) is 5.01. The average Bonchev–Trinajstić information content (AvgIpc) is 2.26. The Bertz CT molecular complexity index is 424. The van der Waals surface area contributed by atoms with Gasteiger partial charge in [-0.15, -0.1) is 24.1 Å². The van der Waals surface area contributed by atoms with Crippen molar-refractivity contribution in [3.63, 3.8) is 0 Å². The zero-order valence-electron chi connectivity index (χ0n) is 8.57. The first-order valence-corrected chi connectivity index (χ1v) is 6.10. The van der Waals surface area contributed by atoms with Gasteiger partial charge in [0.05, 0.1) is 10.6 Å². The van der Waals surface area contributed by atoms with Gasteiger partial charge < -0.3 is 5.11 Å². The van der Waals surface area contributed by atoms with Gasteiger partial charge in [-0.1, -0.05) is 11.6 Å². The lowest BCUT2D eigenvalue weighted by atomic mass is 10.2. The van der Waals surface area contributed by atoms with Crippen LogP contribution < -0.4 is 0 Å². The second-order valence-electron chi connectivity index (χ2n) is 3.10. The summed E-state index contributed by atoms with van der Waals surface area (Å²) in [7, 11) is 0. The average molecular weight is 255 g/mol. The van der Waals surface area contributed by atoms with Crippen LogP contribution in [0.3, 0.4) is 0 Å². The lowest BCUT2D eigenvalue weighted by molar-refractivity contribution is 0.0697. The van der Waals surface area contributed by atoms with Gasteiger partial charge in [0.15, 0.2) is 0 Å². The van der Waals surface area contributed by atoms with Gasteiger partial charge in [-0.25, -0.2) is 4.79 Å². The molecule has 2 nitrogen and oxygen atoms in total. The maximum absolute atomic E-state index is 10.8. The van der Waals surface area contributed by atoms with Crippen LogP contribution in [0.5, 0.6) is 0 Å². The first-order valence-electron chi connectivity index (χ1n) is 4.74. The molecular weight excluding hydrogens is 244 g/mol. The Labute approximate surface area is 104 Å². The molecule has 0 saturated heterocycles. The number of carbonyl (C=O) groups is 1. The molecule has 0 aromatic heterocycles. The largest absolute Gasteiger partial charge is 0.478 e. The molecule has 0 bridgehead atoms. The highest BCUT2D eigenvalue weighted by molar-refractivity contribution is 7.99. The van der Waals surface area contributed by atoms with E-state index in [1.807, 2.05) is 6.07 Å². The summed E-state index contributed by atoms with van der Waals surface area (Å²) in [5.41, 5.74) is 0.142. The van der Waals surface area contributed by atoms with Gasteiger partial charge in [0.25, 0.3) is 0 Å². The Hall–Kier alpha value is -1.11. The van der Waals surface area contributed by atoms with E-state index in [4.69, 9.17) is 23.1 Å². The van der Waals surface area contributed by atoms with Crippen LogP contribution in [0.2, 0.25) is 5.02 Å². The monoisotopic (exact) mass is 254 g/mol. The molecule has 0 heterocycles. The molecule has 1 aromatic carbocycles. The molecule has 1 N–H and O–H groups in total. The number of unbranched alkanes of at least 4 members (excludes halogenated alkanes) is 1. The van der Waals surface area contributed by atoms with E-state index in [1.165, 1.54) is 0 Å². The van der Waals surface area contributed by atoms with Crippen LogP contribution in [0.4, 0.5) is 0 Å². The summed E-state index contributed by atoms with van der Waals surface area (Å²) in [5, 5.41) is 9.14. The third kappa shape index (κ3) is 3.80. The fourth-order valence-electron chi connectivity index (χ4n) is 1.12. The van der Waals surface area contributed by atoms with E-state index >= 15 is 0 Å². The number of hydrogen-bond acceptors (Lipinski definition) is 2. The summed E-state index contributed by atoms with van der Waals surface area (Å²) in [6.45, 7) is 0. The first kappa shape index (κ1) is 13.0. The zero-order chi connectivity index (χ0) is 12.0. The Balaban J connectivity index is 2.65.